The van der Waals surface area contributed by atoms with Gasteiger partial charge in [-0.3, -0.25) is 4.79 Å². The van der Waals surface area contributed by atoms with Gasteiger partial charge in [-0.25, -0.2) is 4.98 Å². The summed E-state index contributed by atoms with van der Waals surface area (Å²) in [6.07, 6.45) is 4.50. The predicted molar refractivity (Wildman–Crippen MR) is 80.3 cm³/mol. The van der Waals surface area contributed by atoms with Crippen molar-refractivity contribution in [2.45, 2.75) is 32.2 Å². The Morgan fingerprint density at radius 3 is 3.14 bits per heavy atom. The number of rotatable bonds is 3. The Bertz CT molecular complexity index is 621. The molecule has 3 rings (SSSR count). The first-order valence-corrected chi connectivity index (χ1v) is 7.95. The van der Waals surface area contributed by atoms with Crippen LogP contribution >= 0.6 is 11.3 Å². The van der Waals surface area contributed by atoms with Crippen molar-refractivity contribution in [1.82, 2.24) is 9.88 Å². The topological polar surface area (TPSA) is 66.6 Å². The number of hydrogen-bond donors (Lipinski definition) is 1. The molecule has 0 radical (unpaired) electrons. The van der Waals surface area contributed by atoms with E-state index in [1.807, 2.05) is 13.0 Å². The summed E-state index contributed by atoms with van der Waals surface area (Å²) < 4.78 is 5.34. The Morgan fingerprint density at radius 1 is 1.57 bits per heavy atom. The Kier molecular flexibility index (Phi) is 4.07. The molecule has 1 fully saturated rings. The van der Waals surface area contributed by atoms with Gasteiger partial charge < -0.3 is 14.4 Å². The van der Waals surface area contributed by atoms with Crippen LogP contribution in [0.15, 0.2) is 22.8 Å². The van der Waals surface area contributed by atoms with E-state index in [1.54, 1.807) is 17.2 Å². The van der Waals surface area contributed by atoms with Crippen molar-refractivity contribution in [3.05, 3.63) is 29.0 Å². The molecular weight excluding hydrogens is 288 g/mol. The van der Waals surface area contributed by atoms with E-state index in [-0.39, 0.29) is 18.6 Å². The standard InChI is InChI=1S/C15H18N2O3S/c1-10-13(16-14(21-10)12-6-4-8-20-12)15(19)17-7-3-2-5-11(17)9-18/h4,6,8,11,18H,2-3,5,7,9H2,1H3. The molecular formula is C15H18N2O3S. The first-order valence-electron chi connectivity index (χ1n) is 7.14. The van der Waals surface area contributed by atoms with Crippen LogP contribution in [0.5, 0.6) is 0 Å². The first-order chi connectivity index (χ1) is 10.2. The number of likely N-dealkylation sites (tertiary alicyclic amines) is 1. The highest BCUT2D eigenvalue weighted by atomic mass is 32.1. The van der Waals surface area contributed by atoms with Crippen LogP contribution in [0.2, 0.25) is 0 Å². The van der Waals surface area contributed by atoms with Gasteiger partial charge in [0.2, 0.25) is 0 Å². The van der Waals surface area contributed by atoms with Crippen LogP contribution in [0.25, 0.3) is 10.8 Å². The molecule has 5 nitrogen and oxygen atoms in total. The van der Waals surface area contributed by atoms with E-state index in [1.165, 1.54) is 11.3 Å². The molecule has 0 aliphatic carbocycles. The molecule has 3 heterocycles. The second-order valence-corrected chi connectivity index (χ2v) is 6.44. The minimum Gasteiger partial charge on any atom is -0.462 e. The molecule has 0 saturated carbocycles. The molecule has 1 atom stereocenters. The molecule has 0 aromatic carbocycles. The second-order valence-electron chi connectivity index (χ2n) is 5.23. The van der Waals surface area contributed by atoms with E-state index in [0.29, 0.717) is 18.0 Å². The van der Waals surface area contributed by atoms with E-state index in [2.05, 4.69) is 4.98 Å². The third kappa shape index (κ3) is 2.73. The van der Waals surface area contributed by atoms with E-state index < -0.39 is 0 Å². The zero-order valence-electron chi connectivity index (χ0n) is 11.9. The highest BCUT2D eigenvalue weighted by Crippen LogP contribution is 2.29. The number of furan rings is 1. The minimum absolute atomic E-state index is 0.0139. The third-order valence-electron chi connectivity index (χ3n) is 3.83. The van der Waals surface area contributed by atoms with E-state index in [9.17, 15) is 9.90 Å². The van der Waals surface area contributed by atoms with Crippen molar-refractivity contribution < 1.29 is 14.3 Å². The molecule has 6 heteroatoms. The fraction of sp³-hybridized carbons (Fsp3) is 0.467. The summed E-state index contributed by atoms with van der Waals surface area (Å²) in [4.78, 5) is 19.8. The van der Waals surface area contributed by atoms with E-state index >= 15 is 0 Å². The maximum Gasteiger partial charge on any atom is 0.273 e. The average Bonchev–Trinajstić information content (AvgIpc) is 3.15. The van der Waals surface area contributed by atoms with Crippen LogP contribution in [-0.4, -0.2) is 40.1 Å². The number of aliphatic hydroxyl groups excluding tert-OH is 1. The second kappa shape index (κ2) is 5.99. The first kappa shape index (κ1) is 14.3. The number of aromatic nitrogens is 1. The van der Waals surface area contributed by atoms with Crippen molar-refractivity contribution in [2.24, 2.45) is 0 Å². The lowest BCUT2D eigenvalue weighted by atomic mass is 10.0. The molecule has 1 aliphatic heterocycles. The smallest absolute Gasteiger partial charge is 0.273 e. The van der Waals surface area contributed by atoms with Crippen LogP contribution in [0, 0.1) is 6.92 Å². The number of carbonyl (C=O) groups excluding carboxylic acids is 1. The average molecular weight is 306 g/mol. The van der Waals surface area contributed by atoms with Gasteiger partial charge in [0, 0.05) is 11.4 Å². The van der Waals surface area contributed by atoms with Crippen LogP contribution in [0.3, 0.4) is 0 Å². The lowest BCUT2D eigenvalue weighted by molar-refractivity contribution is 0.0497. The molecule has 1 amide bonds. The van der Waals surface area contributed by atoms with Gasteiger partial charge in [0.15, 0.2) is 10.8 Å². The summed E-state index contributed by atoms with van der Waals surface area (Å²) in [6, 6.07) is 3.56. The number of thiazole rings is 1. The number of piperidine rings is 1. The Hall–Kier alpha value is -1.66. The number of amides is 1. The van der Waals surface area contributed by atoms with Gasteiger partial charge in [0.25, 0.3) is 5.91 Å². The lowest BCUT2D eigenvalue weighted by Gasteiger charge is -2.34. The molecule has 1 unspecified atom stereocenters. The quantitative estimate of drug-likeness (QED) is 0.947. The van der Waals surface area contributed by atoms with E-state index in [0.717, 1.165) is 29.1 Å². The van der Waals surface area contributed by atoms with Crippen molar-refractivity contribution >= 4 is 17.2 Å². The minimum atomic E-state index is -0.0839. The Morgan fingerprint density at radius 2 is 2.43 bits per heavy atom. The summed E-state index contributed by atoms with van der Waals surface area (Å²) in [5.74, 6) is 0.597. The largest absolute Gasteiger partial charge is 0.462 e. The van der Waals surface area contributed by atoms with Gasteiger partial charge >= 0.3 is 0 Å². The molecule has 2 aromatic rings. The monoisotopic (exact) mass is 306 g/mol. The summed E-state index contributed by atoms with van der Waals surface area (Å²) >= 11 is 1.46. The number of aliphatic hydroxyl groups is 1. The van der Waals surface area contributed by atoms with Gasteiger partial charge in [-0.2, -0.15) is 0 Å². The van der Waals surface area contributed by atoms with E-state index in [4.69, 9.17) is 4.42 Å². The van der Waals surface area contributed by atoms with Gasteiger partial charge in [-0.15, -0.1) is 11.3 Å². The number of hydrogen-bond acceptors (Lipinski definition) is 5. The van der Waals surface area contributed by atoms with Crippen LogP contribution in [0.1, 0.15) is 34.6 Å². The fourth-order valence-corrected chi connectivity index (χ4v) is 3.57. The Labute approximate surface area is 127 Å². The summed E-state index contributed by atoms with van der Waals surface area (Å²) in [5, 5.41) is 10.2. The zero-order chi connectivity index (χ0) is 14.8. The summed E-state index contributed by atoms with van der Waals surface area (Å²) in [7, 11) is 0. The van der Waals surface area contributed by atoms with Crippen LogP contribution in [-0.2, 0) is 0 Å². The fourth-order valence-electron chi connectivity index (χ4n) is 2.69. The molecule has 112 valence electrons. The molecule has 0 spiro atoms. The maximum atomic E-state index is 12.7. The van der Waals surface area contributed by atoms with Gasteiger partial charge in [-0.05, 0) is 38.3 Å². The summed E-state index contributed by atoms with van der Waals surface area (Å²) in [5.41, 5.74) is 0.478. The maximum absolute atomic E-state index is 12.7. The molecule has 1 N–H and O–H groups in total. The van der Waals surface area contributed by atoms with Crippen molar-refractivity contribution in [3.63, 3.8) is 0 Å². The zero-order valence-corrected chi connectivity index (χ0v) is 12.7. The highest BCUT2D eigenvalue weighted by Gasteiger charge is 2.29. The SMILES string of the molecule is Cc1sc(-c2ccco2)nc1C(=O)N1CCCCC1CO. The van der Waals surface area contributed by atoms with Gasteiger partial charge in [0.1, 0.15) is 5.69 Å². The molecule has 1 saturated heterocycles. The molecule has 0 bridgehead atoms. The number of aryl methyl sites for hydroxylation is 1. The number of carbonyl (C=O) groups is 1. The molecule has 21 heavy (non-hydrogen) atoms. The van der Waals surface area contributed by atoms with Gasteiger partial charge in [0.05, 0.1) is 18.9 Å². The van der Waals surface area contributed by atoms with Crippen LogP contribution < -0.4 is 0 Å². The van der Waals surface area contributed by atoms with Gasteiger partial charge in [-0.1, -0.05) is 0 Å². The van der Waals surface area contributed by atoms with Crippen molar-refractivity contribution in [1.29, 1.82) is 0 Å². The highest BCUT2D eigenvalue weighted by molar-refractivity contribution is 7.15. The summed E-state index contributed by atoms with van der Waals surface area (Å²) in [6.45, 7) is 2.60. The normalized spacial score (nSPS) is 19.0. The predicted octanol–water partition coefficient (Wildman–Crippen LogP) is 2.70. The number of nitrogens with zero attached hydrogens (tertiary/aromatic N) is 2. The third-order valence-corrected chi connectivity index (χ3v) is 4.82. The van der Waals surface area contributed by atoms with Crippen molar-refractivity contribution in [2.75, 3.05) is 13.2 Å². The Balaban J connectivity index is 1.87. The lowest BCUT2D eigenvalue weighted by Crippen LogP contribution is -2.45. The van der Waals surface area contributed by atoms with Crippen molar-refractivity contribution in [3.8, 4) is 10.8 Å². The van der Waals surface area contributed by atoms with Crippen LogP contribution in [0.4, 0.5) is 0 Å². The molecule has 1 aliphatic rings. The molecule has 2 aromatic heterocycles.